The van der Waals surface area contributed by atoms with Crippen molar-refractivity contribution in [1.29, 1.82) is 0 Å². The Kier molecular flexibility index (Phi) is 4.08. The molecule has 0 bridgehead atoms. The third-order valence-electron chi connectivity index (χ3n) is 2.63. The number of halogens is 1. The topological polar surface area (TPSA) is 26.3 Å². The van der Waals surface area contributed by atoms with Gasteiger partial charge in [0.25, 0.3) is 0 Å². The lowest BCUT2D eigenvalue weighted by molar-refractivity contribution is 0.0550. The summed E-state index contributed by atoms with van der Waals surface area (Å²) in [4.78, 5) is 11.6. The highest BCUT2D eigenvalue weighted by Gasteiger charge is 2.06. The van der Waals surface area contributed by atoms with Crippen molar-refractivity contribution in [1.82, 2.24) is 0 Å². The average molecular weight is 256 g/mol. The molecular weight excluding hydrogens is 243 g/mol. The quantitative estimate of drug-likeness (QED) is 0.613. The normalized spacial score (nSPS) is 9.95. The van der Waals surface area contributed by atoms with Crippen molar-refractivity contribution in [2.24, 2.45) is 0 Å². The molecule has 0 atom stereocenters. The first-order valence-electron chi connectivity index (χ1n) is 5.85. The van der Waals surface area contributed by atoms with Crippen LogP contribution in [0.2, 0.25) is 0 Å². The highest BCUT2D eigenvalue weighted by Crippen LogP contribution is 2.20. The van der Waals surface area contributed by atoms with Crippen molar-refractivity contribution in [3.63, 3.8) is 0 Å². The van der Waals surface area contributed by atoms with E-state index in [4.69, 9.17) is 4.74 Å². The first-order valence-corrected chi connectivity index (χ1v) is 5.85. The monoisotopic (exact) mass is 256 g/mol. The van der Waals surface area contributed by atoms with E-state index in [-0.39, 0.29) is 18.4 Å². The lowest BCUT2D eigenvalue weighted by Crippen LogP contribution is -2.04. The summed E-state index contributed by atoms with van der Waals surface area (Å²) < 4.78 is 17.8. The van der Waals surface area contributed by atoms with Crippen LogP contribution in [0.4, 0.5) is 4.39 Å². The molecule has 0 heterocycles. The van der Waals surface area contributed by atoms with E-state index in [0.29, 0.717) is 5.56 Å². The van der Waals surface area contributed by atoms with E-state index in [1.54, 1.807) is 36.4 Å². The zero-order valence-corrected chi connectivity index (χ0v) is 10.3. The molecule has 0 radical (unpaired) electrons. The summed E-state index contributed by atoms with van der Waals surface area (Å²) in [6, 6.07) is 13.2. The highest BCUT2D eigenvalue weighted by atomic mass is 19.1. The molecule has 0 saturated carbocycles. The second kappa shape index (κ2) is 5.96. The van der Waals surface area contributed by atoms with Gasteiger partial charge >= 0.3 is 5.97 Å². The Hall–Kier alpha value is -2.42. The molecule has 2 rings (SSSR count). The molecular formula is C16H13FO2. The van der Waals surface area contributed by atoms with Crippen LogP contribution in [0.25, 0.3) is 11.1 Å². The fraction of sp³-hybridized carbons (Fsp3) is 0.0625. The maximum atomic E-state index is 12.8. The predicted molar refractivity (Wildman–Crippen MR) is 72.3 cm³/mol. The third-order valence-corrected chi connectivity index (χ3v) is 2.63. The number of hydrogen-bond acceptors (Lipinski definition) is 2. The minimum Gasteiger partial charge on any atom is -0.458 e. The molecule has 0 unspecified atom stereocenters. The van der Waals surface area contributed by atoms with Crippen molar-refractivity contribution in [2.75, 3.05) is 6.61 Å². The fourth-order valence-corrected chi connectivity index (χ4v) is 1.66. The second-order valence-electron chi connectivity index (χ2n) is 3.97. The van der Waals surface area contributed by atoms with E-state index in [1.807, 2.05) is 0 Å². The van der Waals surface area contributed by atoms with Crippen LogP contribution in [-0.4, -0.2) is 12.6 Å². The molecule has 3 heteroatoms. The van der Waals surface area contributed by atoms with Crippen molar-refractivity contribution in [2.45, 2.75) is 0 Å². The first-order chi connectivity index (χ1) is 9.20. The van der Waals surface area contributed by atoms with Gasteiger partial charge in [0.15, 0.2) is 0 Å². The molecule has 0 fully saturated rings. The number of ether oxygens (including phenoxy) is 1. The Bertz CT molecular complexity index is 571. The lowest BCUT2D eigenvalue weighted by Gasteiger charge is -2.04. The minimum atomic E-state index is -0.384. The van der Waals surface area contributed by atoms with Crippen LogP contribution in [0.5, 0.6) is 0 Å². The molecule has 0 aromatic heterocycles. The Morgan fingerprint density at radius 2 is 1.58 bits per heavy atom. The molecule has 2 nitrogen and oxygen atoms in total. The van der Waals surface area contributed by atoms with Crippen molar-refractivity contribution < 1.29 is 13.9 Å². The minimum absolute atomic E-state index is 0.193. The fourth-order valence-electron chi connectivity index (χ4n) is 1.66. The van der Waals surface area contributed by atoms with Gasteiger partial charge in [0, 0.05) is 0 Å². The molecule has 0 aliphatic rings. The zero-order valence-electron chi connectivity index (χ0n) is 10.3. The zero-order chi connectivity index (χ0) is 13.7. The molecule has 2 aromatic carbocycles. The van der Waals surface area contributed by atoms with E-state index in [1.165, 1.54) is 18.2 Å². The predicted octanol–water partition coefficient (Wildman–Crippen LogP) is 3.84. The van der Waals surface area contributed by atoms with Gasteiger partial charge in [0.2, 0.25) is 0 Å². The van der Waals surface area contributed by atoms with Crippen LogP contribution < -0.4 is 0 Å². The van der Waals surface area contributed by atoms with Gasteiger partial charge in [-0.25, -0.2) is 9.18 Å². The van der Waals surface area contributed by atoms with Crippen LogP contribution >= 0.6 is 0 Å². The van der Waals surface area contributed by atoms with Crippen LogP contribution in [0, 0.1) is 5.82 Å². The Morgan fingerprint density at radius 1 is 1.05 bits per heavy atom. The van der Waals surface area contributed by atoms with E-state index in [9.17, 15) is 9.18 Å². The molecule has 2 aromatic rings. The summed E-state index contributed by atoms with van der Waals surface area (Å²) in [5.41, 5.74) is 2.29. The number of carbonyl (C=O) groups is 1. The Balaban J connectivity index is 2.16. The largest absolute Gasteiger partial charge is 0.458 e. The van der Waals surface area contributed by atoms with Gasteiger partial charge in [-0.3, -0.25) is 0 Å². The number of hydrogen-bond donors (Lipinski definition) is 0. The molecule has 0 aliphatic heterocycles. The maximum Gasteiger partial charge on any atom is 0.338 e. The molecule has 0 amide bonds. The van der Waals surface area contributed by atoms with Crippen LogP contribution in [0.3, 0.4) is 0 Å². The molecule has 19 heavy (non-hydrogen) atoms. The van der Waals surface area contributed by atoms with Crippen LogP contribution in [-0.2, 0) is 4.74 Å². The van der Waals surface area contributed by atoms with Gasteiger partial charge in [-0.05, 0) is 35.4 Å². The Labute approximate surface area is 111 Å². The van der Waals surface area contributed by atoms with E-state index < -0.39 is 0 Å². The maximum absolute atomic E-state index is 12.8. The average Bonchev–Trinajstić information content (AvgIpc) is 2.46. The smallest absolute Gasteiger partial charge is 0.338 e. The van der Waals surface area contributed by atoms with Gasteiger partial charge in [-0.1, -0.05) is 36.9 Å². The third kappa shape index (κ3) is 3.28. The summed E-state index contributed by atoms with van der Waals surface area (Å²) in [5, 5.41) is 0. The molecule has 96 valence electrons. The second-order valence-corrected chi connectivity index (χ2v) is 3.97. The van der Waals surface area contributed by atoms with Gasteiger partial charge < -0.3 is 4.74 Å². The van der Waals surface area contributed by atoms with Gasteiger partial charge in [-0.15, -0.1) is 0 Å². The van der Waals surface area contributed by atoms with E-state index in [2.05, 4.69) is 6.58 Å². The summed E-state index contributed by atoms with van der Waals surface area (Å²) >= 11 is 0. The SMILES string of the molecule is C=CCOC(=O)c1ccc(-c2ccc(F)cc2)cc1. The molecule has 0 spiro atoms. The number of esters is 1. The molecule has 0 saturated heterocycles. The number of rotatable bonds is 4. The van der Waals surface area contributed by atoms with E-state index >= 15 is 0 Å². The van der Waals surface area contributed by atoms with Crippen LogP contribution in [0.15, 0.2) is 61.2 Å². The van der Waals surface area contributed by atoms with Crippen molar-refractivity contribution in [3.8, 4) is 11.1 Å². The van der Waals surface area contributed by atoms with Gasteiger partial charge in [0.05, 0.1) is 5.56 Å². The summed E-state index contributed by atoms with van der Waals surface area (Å²) in [7, 11) is 0. The Morgan fingerprint density at radius 3 is 2.11 bits per heavy atom. The van der Waals surface area contributed by atoms with Gasteiger partial charge in [0.1, 0.15) is 12.4 Å². The highest BCUT2D eigenvalue weighted by molar-refractivity contribution is 5.90. The molecule has 0 aliphatic carbocycles. The summed E-state index contributed by atoms with van der Waals surface area (Å²) in [6.07, 6.45) is 1.52. The first kappa shape index (κ1) is 13.0. The number of carbonyl (C=O) groups excluding carboxylic acids is 1. The lowest BCUT2D eigenvalue weighted by atomic mass is 10.0. The van der Waals surface area contributed by atoms with Crippen LogP contribution in [0.1, 0.15) is 10.4 Å². The van der Waals surface area contributed by atoms with Gasteiger partial charge in [-0.2, -0.15) is 0 Å². The standard InChI is InChI=1S/C16H13FO2/c1-2-11-19-16(18)14-5-3-12(4-6-14)13-7-9-15(17)10-8-13/h2-10H,1,11H2. The van der Waals surface area contributed by atoms with E-state index in [0.717, 1.165) is 11.1 Å². The number of benzene rings is 2. The van der Waals surface area contributed by atoms with Crippen molar-refractivity contribution >= 4 is 5.97 Å². The summed E-state index contributed by atoms with van der Waals surface area (Å²) in [6.45, 7) is 3.67. The van der Waals surface area contributed by atoms with Crippen molar-refractivity contribution in [3.05, 3.63) is 72.6 Å². The summed E-state index contributed by atoms with van der Waals surface area (Å²) in [5.74, 6) is -0.654. The molecule has 0 N–H and O–H groups in total.